The number of hydrogen-bond acceptors (Lipinski definition) is 7. The summed E-state index contributed by atoms with van der Waals surface area (Å²) in [4.78, 5) is 43.6. The monoisotopic (exact) mass is 622 g/mol. The maximum absolute atomic E-state index is 4.94. The van der Waals surface area contributed by atoms with Crippen LogP contribution in [-0.2, 0) is 17.1 Å². The van der Waals surface area contributed by atoms with Gasteiger partial charge in [-0.15, -0.1) is 0 Å². The molecular weight excluding hydrogens is 598 g/mol. The molecule has 2 aliphatic heterocycles. The normalized spacial score (nSPS) is 11.0. The third kappa shape index (κ3) is 4.43. The molecular formula is C34H25CuN9. The van der Waals surface area contributed by atoms with Gasteiger partial charge in [-0.05, 0) is 33.7 Å². The molecule has 4 aromatic heterocycles. The van der Waals surface area contributed by atoms with Crippen molar-refractivity contribution in [1.29, 1.82) is 0 Å². The smallest absolute Gasteiger partial charge is 0.357 e. The Labute approximate surface area is 263 Å². The van der Waals surface area contributed by atoms with Gasteiger partial charge in [-0.3, -0.25) is 4.98 Å². The van der Waals surface area contributed by atoms with Crippen LogP contribution in [0.25, 0.3) is 89.8 Å². The minimum atomic E-state index is 0. The summed E-state index contributed by atoms with van der Waals surface area (Å²) >= 11 is 0. The van der Waals surface area contributed by atoms with E-state index in [1.807, 2.05) is 98.8 Å². The van der Waals surface area contributed by atoms with Crippen LogP contribution >= 0.6 is 0 Å². The van der Waals surface area contributed by atoms with E-state index in [1.165, 1.54) is 0 Å². The maximum atomic E-state index is 4.94. The van der Waals surface area contributed by atoms with E-state index in [0.29, 0.717) is 51.6 Å². The van der Waals surface area contributed by atoms with Crippen molar-refractivity contribution in [3.8, 4) is 45.7 Å². The zero-order valence-corrected chi connectivity index (χ0v) is 23.9. The fourth-order valence-electron chi connectivity index (χ4n) is 5.33. The number of benzene rings is 3. The van der Waals surface area contributed by atoms with Crippen molar-refractivity contribution in [1.82, 2.24) is 44.9 Å². The summed E-state index contributed by atoms with van der Waals surface area (Å²) in [5, 5.41) is 3.49. The Kier molecular flexibility index (Phi) is 7.46. The first-order chi connectivity index (χ1) is 20.8. The van der Waals surface area contributed by atoms with Gasteiger partial charge in [0, 0.05) is 45.5 Å². The Balaban J connectivity index is 0.000000842. The summed E-state index contributed by atoms with van der Waals surface area (Å²) in [7, 11) is 0. The van der Waals surface area contributed by atoms with Gasteiger partial charge in [-0.25, -0.2) is 9.97 Å². The molecule has 0 atom stereocenters. The molecule has 0 fully saturated rings. The van der Waals surface area contributed by atoms with Gasteiger partial charge in [-0.2, -0.15) is 0 Å². The Morgan fingerprint density at radius 3 is 1.27 bits per heavy atom. The molecule has 9 rings (SSSR count). The summed E-state index contributed by atoms with van der Waals surface area (Å²) in [5.74, 6) is 2.01. The van der Waals surface area contributed by atoms with Crippen LogP contribution < -0.4 is 9.97 Å². The fourth-order valence-corrected chi connectivity index (χ4v) is 5.33. The molecule has 8 bridgehead atoms. The Morgan fingerprint density at radius 2 is 0.795 bits per heavy atom. The largest absolute Gasteiger partial charge is 2.00 e. The van der Waals surface area contributed by atoms with E-state index in [-0.39, 0.29) is 24.5 Å². The molecule has 1 radical (unpaired) electrons. The molecule has 9 nitrogen and oxygen atoms in total. The van der Waals surface area contributed by atoms with Crippen LogP contribution in [0.1, 0.15) is 21.3 Å². The summed E-state index contributed by atoms with van der Waals surface area (Å²) in [6, 6.07) is 27.5. The van der Waals surface area contributed by atoms with Gasteiger partial charge < -0.3 is 29.9 Å². The maximum Gasteiger partial charge on any atom is 2.00 e. The summed E-state index contributed by atoms with van der Waals surface area (Å²) in [6.07, 6.45) is 1.73. The zero-order chi connectivity index (χ0) is 28.2. The van der Waals surface area contributed by atoms with Gasteiger partial charge in [0.25, 0.3) is 0 Å². The van der Waals surface area contributed by atoms with E-state index < -0.39 is 0 Å². The average Bonchev–Trinajstić information content (AvgIpc) is 3.78. The number of hydrogen-bond donors (Lipinski definition) is 0. The molecule has 6 heterocycles. The van der Waals surface area contributed by atoms with Crippen molar-refractivity contribution in [2.45, 2.75) is 21.3 Å². The van der Waals surface area contributed by atoms with Crippen LogP contribution in [0.2, 0.25) is 0 Å². The average molecular weight is 623 g/mol. The second-order valence-corrected chi connectivity index (χ2v) is 9.52. The molecule has 217 valence electrons. The first-order valence-electron chi connectivity index (χ1n) is 13.7. The minimum Gasteiger partial charge on any atom is -0.357 e. The van der Waals surface area contributed by atoms with E-state index >= 15 is 0 Å². The predicted octanol–water partition coefficient (Wildman–Crippen LogP) is 7.18. The molecule has 10 heteroatoms. The molecule has 44 heavy (non-hydrogen) atoms. The Morgan fingerprint density at radius 1 is 0.432 bits per heavy atom. The molecule has 7 aromatic rings. The van der Waals surface area contributed by atoms with E-state index in [1.54, 1.807) is 6.20 Å². The molecule has 0 saturated heterocycles. The summed E-state index contributed by atoms with van der Waals surface area (Å²) in [6.45, 7) is 4.00. The van der Waals surface area contributed by atoms with E-state index in [4.69, 9.17) is 39.9 Å². The Bertz CT molecular complexity index is 2040. The van der Waals surface area contributed by atoms with Gasteiger partial charge in [0.05, 0.1) is 17.5 Å². The van der Waals surface area contributed by atoms with Crippen molar-refractivity contribution in [3.05, 3.63) is 91.1 Å². The van der Waals surface area contributed by atoms with Crippen molar-refractivity contribution < 1.29 is 17.1 Å². The van der Waals surface area contributed by atoms with E-state index in [0.717, 1.165) is 38.2 Å². The van der Waals surface area contributed by atoms with Crippen LogP contribution in [0.3, 0.4) is 0 Å². The van der Waals surface area contributed by atoms with E-state index in [2.05, 4.69) is 4.98 Å². The predicted molar refractivity (Wildman–Crippen MR) is 170 cm³/mol. The SMILES string of the molecule is C.CC.[Cu+2].c1ccc2c(c1)-c1nc-2nc2[n-]c(nc3nc(nc4[n-]c(n1)c1ccccc41)-c1cccnc1-3)c1ccccc21. The molecule has 0 aliphatic carbocycles. The minimum absolute atomic E-state index is 0. The van der Waals surface area contributed by atoms with E-state index in [9.17, 15) is 0 Å². The van der Waals surface area contributed by atoms with Crippen molar-refractivity contribution in [2.24, 2.45) is 0 Å². The van der Waals surface area contributed by atoms with Crippen LogP contribution in [0.4, 0.5) is 0 Å². The number of fused-ring (bicyclic) bond motifs is 20. The third-order valence-corrected chi connectivity index (χ3v) is 7.18. The van der Waals surface area contributed by atoms with Gasteiger partial charge in [-0.1, -0.05) is 94.1 Å². The molecule has 0 N–H and O–H groups in total. The molecule has 0 unspecified atom stereocenters. The fraction of sp³-hybridized carbons (Fsp3) is 0.0882. The molecule has 0 saturated carbocycles. The van der Waals surface area contributed by atoms with Gasteiger partial charge >= 0.3 is 17.1 Å². The van der Waals surface area contributed by atoms with Crippen LogP contribution in [0.5, 0.6) is 0 Å². The molecule has 0 spiro atoms. The van der Waals surface area contributed by atoms with Crippen molar-refractivity contribution >= 4 is 44.1 Å². The zero-order valence-electron chi connectivity index (χ0n) is 23.0. The first-order valence-corrected chi connectivity index (χ1v) is 13.7. The van der Waals surface area contributed by atoms with Crippen LogP contribution in [0, 0.1) is 0 Å². The number of aromatic nitrogens is 9. The summed E-state index contributed by atoms with van der Waals surface area (Å²) in [5.41, 5.74) is 5.30. The number of rotatable bonds is 0. The second kappa shape index (κ2) is 11.4. The number of pyridine rings is 1. The molecule has 3 aromatic carbocycles. The van der Waals surface area contributed by atoms with Crippen molar-refractivity contribution in [2.75, 3.05) is 0 Å². The summed E-state index contributed by atoms with van der Waals surface area (Å²) < 4.78 is 0. The topological polar surface area (TPSA) is 118 Å². The molecule has 0 amide bonds. The first kappa shape index (κ1) is 28.8. The van der Waals surface area contributed by atoms with Gasteiger partial charge in [0.15, 0.2) is 0 Å². The second-order valence-electron chi connectivity index (χ2n) is 9.52. The van der Waals surface area contributed by atoms with Crippen LogP contribution in [0.15, 0.2) is 91.1 Å². The van der Waals surface area contributed by atoms with Gasteiger partial charge in [0.1, 0.15) is 11.5 Å². The quantitative estimate of drug-likeness (QED) is 0.162. The molecule has 2 aliphatic rings. The van der Waals surface area contributed by atoms with Crippen LogP contribution in [-0.4, -0.2) is 34.9 Å². The number of nitrogens with zero attached hydrogens (tertiary/aromatic N) is 9. The third-order valence-electron chi connectivity index (χ3n) is 7.18. The van der Waals surface area contributed by atoms with Gasteiger partial charge in [0.2, 0.25) is 0 Å². The standard InChI is InChI=1S/C31H15N9.C2H6.CH4.Cu/c1-2-9-17-16(8-1)24-33-25(17)35-27-20-12-5-6-13-21(20)29(37-27)39-31-23-22(14-7-15-32-23)30(40-31)38-28-19-11-4-3-10-18(19)26(34-24)36-28;1-2;;/h1-15H;1-2H3;1H4;/q-2;;;+2. The van der Waals surface area contributed by atoms with Crippen molar-refractivity contribution in [3.63, 3.8) is 0 Å². The Hall–Kier alpha value is -5.31.